The molecule has 0 spiro atoms. The van der Waals surface area contributed by atoms with E-state index in [1.807, 2.05) is 13.8 Å². The van der Waals surface area contributed by atoms with Crippen molar-refractivity contribution < 1.29 is 14.0 Å². The van der Waals surface area contributed by atoms with E-state index in [4.69, 9.17) is 0 Å². The zero-order valence-electron chi connectivity index (χ0n) is 15.9. The van der Waals surface area contributed by atoms with Crippen molar-refractivity contribution in [3.63, 3.8) is 0 Å². The largest absolute Gasteiger partial charge is 0.334 e. The minimum absolute atomic E-state index is 0.113. The lowest BCUT2D eigenvalue weighted by molar-refractivity contribution is -0.116. The van der Waals surface area contributed by atoms with E-state index in [2.05, 4.69) is 20.8 Å². The molecule has 146 valence electrons. The van der Waals surface area contributed by atoms with Gasteiger partial charge in [0.1, 0.15) is 5.82 Å². The maximum Gasteiger partial charge on any atom is 0.274 e. The molecule has 0 unspecified atom stereocenters. The zero-order chi connectivity index (χ0) is 19.9. The standard InChI is InChI=1S/C20H22FN5O2/c1-20(2)11-26(8-7-22-20)19(28)16-5-4-15(24-25-16)13-9-12-3-6-18(27)23-17(12)10-14(13)21/h4-5,9-10,22H,3,6-8,11H2,1-2H3,(H,23,27). The van der Waals surface area contributed by atoms with Gasteiger partial charge in [-0.1, -0.05) is 0 Å². The van der Waals surface area contributed by atoms with E-state index in [0.29, 0.717) is 42.9 Å². The number of hydrogen-bond donors (Lipinski definition) is 2. The molecule has 0 saturated carbocycles. The number of aromatic nitrogens is 2. The number of aryl methyl sites for hydroxylation is 1. The lowest BCUT2D eigenvalue weighted by Gasteiger charge is -2.38. The molecule has 0 aliphatic carbocycles. The summed E-state index contributed by atoms with van der Waals surface area (Å²) in [6.45, 7) is 6.00. The van der Waals surface area contributed by atoms with Crippen LogP contribution in [-0.2, 0) is 11.2 Å². The van der Waals surface area contributed by atoms with Gasteiger partial charge in [-0.3, -0.25) is 9.59 Å². The predicted octanol–water partition coefficient (Wildman–Crippen LogP) is 1.99. The van der Waals surface area contributed by atoms with Crippen LogP contribution in [0.1, 0.15) is 36.3 Å². The first-order valence-corrected chi connectivity index (χ1v) is 9.33. The van der Waals surface area contributed by atoms with Gasteiger partial charge in [0.05, 0.1) is 5.69 Å². The molecular weight excluding hydrogens is 361 g/mol. The maximum absolute atomic E-state index is 14.5. The Morgan fingerprint density at radius 3 is 2.75 bits per heavy atom. The first-order chi connectivity index (χ1) is 13.3. The molecule has 2 amide bonds. The average Bonchev–Trinajstić information content (AvgIpc) is 2.66. The smallest absolute Gasteiger partial charge is 0.274 e. The van der Waals surface area contributed by atoms with E-state index in [1.54, 1.807) is 23.1 Å². The maximum atomic E-state index is 14.5. The molecule has 1 fully saturated rings. The fourth-order valence-electron chi connectivity index (χ4n) is 3.67. The van der Waals surface area contributed by atoms with E-state index >= 15 is 0 Å². The Morgan fingerprint density at radius 2 is 2.04 bits per heavy atom. The molecule has 1 aromatic carbocycles. The summed E-state index contributed by atoms with van der Waals surface area (Å²) in [5.74, 6) is -0.779. The fourth-order valence-corrected chi connectivity index (χ4v) is 3.67. The van der Waals surface area contributed by atoms with Gasteiger partial charge in [-0.25, -0.2) is 4.39 Å². The summed E-state index contributed by atoms with van der Waals surface area (Å²) in [5.41, 5.74) is 2.12. The van der Waals surface area contributed by atoms with Gasteiger partial charge in [-0.2, -0.15) is 0 Å². The normalized spacial score (nSPS) is 18.4. The number of fused-ring (bicyclic) bond motifs is 1. The van der Waals surface area contributed by atoms with Crippen molar-refractivity contribution in [2.45, 2.75) is 32.2 Å². The van der Waals surface area contributed by atoms with E-state index in [1.165, 1.54) is 6.07 Å². The number of rotatable bonds is 2. The van der Waals surface area contributed by atoms with Crippen LogP contribution in [0.3, 0.4) is 0 Å². The number of benzene rings is 1. The SMILES string of the molecule is CC1(C)CN(C(=O)c2ccc(-c3cc4c(cc3F)NC(=O)CC4)nn2)CCN1. The molecule has 4 rings (SSSR count). The number of nitrogens with one attached hydrogen (secondary N) is 2. The molecule has 28 heavy (non-hydrogen) atoms. The molecule has 0 atom stereocenters. The van der Waals surface area contributed by atoms with Crippen LogP contribution in [-0.4, -0.2) is 52.1 Å². The molecule has 1 saturated heterocycles. The van der Waals surface area contributed by atoms with Crippen molar-refractivity contribution in [1.82, 2.24) is 20.4 Å². The van der Waals surface area contributed by atoms with E-state index in [-0.39, 0.29) is 23.0 Å². The molecular formula is C20H22FN5O2. The van der Waals surface area contributed by atoms with Gasteiger partial charge < -0.3 is 15.5 Å². The summed E-state index contributed by atoms with van der Waals surface area (Å²) in [7, 11) is 0. The van der Waals surface area contributed by atoms with Gasteiger partial charge in [0.2, 0.25) is 5.91 Å². The molecule has 8 heteroatoms. The topological polar surface area (TPSA) is 87.2 Å². The Kier molecular flexibility index (Phi) is 4.58. The minimum atomic E-state index is -0.488. The molecule has 0 radical (unpaired) electrons. The Morgan fingerprint density at radius 1 is 1.21 bits per heavy atom. The lowest BCUT2D eigenvalue weighted by Crippen LogP contribution is -2.58. The summed E-state index contributed by atoms with van der Waals surface area (Å²) in [6, 6.07) is 6.19. The highest BCUT2D eigenvalue weighted by Crippen LogP contribution is 2.30. The van der Waals surface area contributed by atoms with Gasteiger partial charge in [0.25, 0.3) is 5.91 Å². The van der Waals surface area contributed by atoms with Crippen molar-refractivity contribution in [1.29, 1.82) is 0 Å². The summed E-state index contributed by atoms with van der Waals surface area (Å²) in [5, 5.41) is 14.2. The van der Waals surface area contributed by atoms with Gasteiger partial charge in [0.15, 0.2) is 5.69 Å². The van der Waals surface area contributed by atoms with Gasteiger partial charge in [-0.05, 0) is 50.1 Å². The van der Waals surface area contributed by atoms with Crippen molar-refractivity contribution in [3.8, 4) is 11.3 Å². The van der Waals surface area contributed by atoms with Crippen LogP contribution in [0.5, 0.6) is 0 Å². The van der Waals surface area contributed by atoms with Crippen molar-refractivity contribution >= 4 is 17.5 Å². The predicted molar refractivity (Wildman–Crippen MR) is 102 cm³/mol. The second kappa shape index (κ2) is 6.94. The fraction of sp³-hybridized carbons (Fsp3) is 0.400. The van der Waals surface area contributed by atoms with Crippen LogP contribution in [0.2, 0.25) is 0 Å². The number of anilines is 1. The van der Waals surface area contributed by atoms with Crippen LogP contribution in [0.4, 0.5) is 10.1 Å². The molecule has 2 aliphatic rings. The highest BCUT2D eigenvalue weighted by Gasteiger charge is 2.30. The number of hydrogen-bond acceptors (Lipinski definition) is 5. The number of amides is 2. The van der Waals surface area contributed by atoms with Crippen molar-refractivity contribution in [3.05, 3.63) is 41.3 Å². The molecule has 3 heterocycles. The molecule has 2 aliphatic heterocycles. The third-order valence-corrected chi connectivity index (χ3v) is 5.11. The average molecular weight is 383 g/mol. The lowest BCUT2D eigenvalue weighted by atomic mass is 9.98. The third-order valence-electron chi connectivity index (χ3n) is 5.11. The van der Waals surface area contributed by atoms with E-state index in [0.717, 1.165) is 12.1 Å². The van der Waals surface area contributed by atoms with Crippen LogP contribution in [0.25, 0.3) is 11.3 Å². The molecule has 1 aromatic heterocycles. The molecule has 0 bridgehead atoms. The van der Waals surface area contributed by atoms with E-state index in [9.17, 15) is 14.0 Å². The summed E-state index contributed by atoms with van der Waals surface area (Å²) < 4.78 is 14.5. The minimum Gasteiger partial charge on any atom is -0.334 e. The van der Waals surface area contributed by atoms with Crippen LogP contribution in [0, 0.1) is 5.82 Å². The number of nitrogens with zero attached hydrogens (tertiary/aromatic N) is 3. The Balaban J connectivity index is 1.57. The first kappa shape index (κ1) is 18.5. The monoisotopic (exact) mass is 383 g/mol. The summed E-state index contributed by atoms with van der Waals surface area (Å²) in [4.78, 5) is 25.9. The van der Waals surface area contributed by atoms with Crippen LogP contribution in [0.15, 0.2) is 24.3 Å². The first-order valence-electron chi connectivity index (χ1n) is 9.33. The van der Waals surface area contributed by atoms with Gasteiger partial charge in [-0.15, -0.1) is 10.2 Å². The van der Waals surface area contributed by atoms with Crippen molar-refractivity contribution in [2.24, 2.45) is 0 Å². The Hall–Kier alpha value is -2.87. The van der Waals surface area contributed by atoms with Crippen molar-refractivity contribution in [2.75, 3.05) is 25.0 Å². The number of halogens is 1. The van der Waals surface area contributed by atoms with E-state index < -0.39 is 5.82 Å². The Labute approximate surface area is 162 Å². The zero-order valence-corrected chi connectivity index (χ0v) is 15.9. The number of piperazine rings is 1. The molecule has 2 aromatic rings. The quantitative estimate of drug-likeness (QED) is 0.828. The molecule has 2 N–H and O–H groups in total. The van der Waals surface area contributed by atoms with Gasteiger partial charge >= 0.3 is 0 Å². The van der Waals surface area contributed by atoms with Crippen LogP contribution >= 0.6 is 0 Å². The van der Waals surface area contributed by atoms with Gasteiger partial charge in [0, 0.05) is 42.8 Å². The number of carbonyl (C=O) groups is 2. The second-order valence-electron chi connectivity index (χ2n) is 7.88. The number of carbonyl (C=O) groups excluding carboxylic acids is 2. The second-order valence-corrected chi connectivity index (χ2v) is 7.88. The third kappa shape index (κ3) is 3.60. The Bertz CT molecular complexity index is 942. The molecule has 7 nitrogen and oxygen atoms in total. The van der Waals surface area contributed by atoms with Crippen LogP contribution < -0.4 is 10.6 Å². The highest BCUT2D eigenvalue weighted by molar-refractivity contribution is 5.94. The summed E-state index contributed by atoms with van der Waals surface area (Å²) >= 11 is 0. The highest BCUT2D eigenvalue weighted by atomic mass is 19.1. The summed E-state index contributed by atoms with van der Waals surface area (Å²) in [6.07, 6.45) is 0.926.